The zero-order valence-corrected chi connectivity index (χ0v) is 19.2. The minimum Gasteiger partial charge on any atom is -0.403 e. The lowest BCUT2D eigenvalue weighted by Crippen LogP contribution is -2.66. The van der Waals surface area contributed by atoms with Crippen molar-refractivity contribution in [3.8, 4) is 0 Å². The summed E-state index contributed by atoms with van der Waals surface area (Å²) in [6, 6.07) is 27.3. The van der Waals surface area contributed by atoms with Gasteiger partial charge in [-0.1, -0.05) is 105 Å². The molecule has 0 unspecified atom stereocenters. The standard InChI is InChI=1S/C23H24BrClOSi/c1-23(2,3)27(19-12-6-4-7-13-19,20-14-8-5-9-15-20)26-17-18-11-10-16-21(24)22(18)25/h4-16H,17H2,1-3H3. The van der Waals surface area contributed by atoms with E-state index in [4.69, 9.17) is 16.0 Å². The molecule has 0 aliphatic rings. The number of rotatable bonds is 5. The molecule has 0 atom stereocenters. The molecule has 4 heteroatoms. The predicted octanol–water partition coefficient (Wildman–Crippen LogP) is 6.18. The first-order valence-corrected chi connectivity index (χ1v) is 12.1. The fourth-order valence-corrected chi connectivity index (χ4v) is 8.72. The lowest BCUT2D eigenvalue weighted by atomic mass is 10.2. The van der Waals surface area contributed by atoms with Crippen LogP contribution in [0.2, 0.25) is 10.1 Å². The topological polar surface area (TPSA) is 9.23 Å². The van der Waals surface area contributed by atoms with Crippen LogP contribution in [0.5, 0.6) is 0 Å². The van der Waals surface area contributed by atoms with Crippen LogP contribution in [0, 0.1) is 0 Å². The van der Waals surface area contributed by atoms with Gasteiger partial charge in [-0.15, -0.1) is 0 Å². The maximum atomic E-state index is 6.92. The van der Waals surface area contributed by atoms with E-state index < -0.39 is 8.32 Å². The molecule has 0 aliphatic heterocycles. The molecule has 3 aromatic carbocycles. The summed E-state index contributed by atoms with van der Waals surface area (Å²) in [6.45, 7) is 7.32. The molecule has 0 saturated heterocycles. The molecule has 0 fully saturated rings. The van der Waals surface area contributed by atoms with Gasteiger partial charge in [-0.05, 0) is 43.0 Å². The first-order chi connectivity index (χ1) is 12.9. The largest absolute Gasteiger partial charge is 0.403 e. The minimum atomic E-state index is -2.55. The Morgan fingerprint density at radius 3 is 1.81 bits per heavy atom. The van der Waals surface area contributed by atoms with Crippen LogP contribution in [0.15, 0.2) is 83.3 Å². The second kappa shape index (κ2) is 8.32. The molecular weight excluding hydrogens is 436 g/mol. The van der Waals surface area contributed by atoms with Crippen molar-refractivity contribution in [2.45, 2.75) is 32.4 Å². The van der Waals surface area contributed by atoms with Crippen LogP contribution in [-0.2, 0) is 11.0 Å². The second-order valence-corrected chi connectivity index (χ2v) is 13.2. The summed E-state index contributed by atoms with van der Waals surface area (Å²) in [4.78, 5) is 0. The number of halogens is 2. The highest BCUT2D eigenvalue weighted by Gasteiger charge is 2.50. The van der Waals surface area contributed by atoms with Crippen LogP contribution in [-0.4, -0.2) is 8.32 Å². The summed E-state index contributed by atoms with van der Waals surface area (Å²) in [6.07, 6.45) is 0. The molecule has 0 aromatic heterocycles. The highest BCUT2D eigenvalue weighted by Crippen LogP contribution is 2.38. The van der Waals surface area contributed by atoms with Crippen LogP contribution in [0.3, 0.4) is 0 Å². The Balaban J connectivity index is 2.13. The SMILES string of the molecule is CC(C)(C)[Si](OCc1cccc(Br)c1Cl)(c1ccccc1)c1ccccc1. The zero-order chi connectivity index (χ0) is 19.5. The van der Waals surface area contributed by atoms with Gasteiger partial charge in [0.1, 0.15) is 0 Å². The van der Waals surface area contributed by atoms with Crippen molar-refractivity contribution in [3.05, 3.63) is 93.9 Å². The molecule has 3 rings (SSSR count). The maximum Gasteiger partial charge on any atom is 0.261 e. The Morgan fingerprint density at radius 1 is 0.815 bits per heavy atom. The van der Waals surface area contributed by atoms with Crippen LogP contribution in [0.1, 0.15) is 26.3 Å². The fourth-order valence-electron chi connectivity index (χ4n) is 3.61. The highest BCUT2D eigenvalue weighted by atomic mass is 79.9. The summed E-state index contributed by atoms with van der Waals surface area (Å²) >= 11 is 10.0. The monoisotopic (exact) mass is 458 g/mol. The molecule has 0 heterocycles. The van der Waals surface area contributed by atoms with Gasteiger partial charge in [-0.25, -0.2) is 0 Å². The molecule has 140 valence electrons. The van der Waals surface area contributed by atoms with E-state index >= 15 is 0 Å². The predicted molar refractivity (Wildman–Crippen MR) is 122 cm³/mol. The lowest BCUT2D eigenvalue weighted by molar-refractivity contribution is 0.286. The molecule has 3 aromatic rings. The first kappa shape index (κ1) is 20.3. The highest BCUT2D eigenvalue weighted by molar-refractivity contribution is 9.10. The smallest absolute Gasteiger partial charge is 0.261 e. The van der Waals surface area contributed by atoms with Crippen LogP contribution in [0.4, 0.5) is 0 Å². The van der Waals surface area contributed by atoms with Gasteiger partial charge in [0.2, 0.25) is 0 Å². The summed E-state index contributed by atoms with van der Waals surface area (Å²) in [5.41, 5.74) is 0.999. The van der Waals surface area contributed by atoms with E-state index in [1.54, 1.807) is 0 Å². The van der Waals surface area contributed by atoms with Gasteiger partial charge in [0.05, 0.1) is 11.6 Å². The van der Waals surface area contributed by atoms with Gasteiger partial charge in [0, 0.05) is 4.47 Å². The Bertz CT molecular complexity index is 852. The van der Waals surface area contributed by atoms with Crippen molar-refractivity contribution in [3.63, 3.8) is 0 Å². The molecule has 0 saturated carbocycles. The number of hydrogen-bond acceptors (Lipinski definition) is 1. The number of hydrogen-bond donors (Lipinski definition) is 0. The molecule has 0 spiro atoms. The van der Waals surface area contributed by atoms with Gasteiger partial charge in [-0.3, -0.25) is 0 Å². The van der Waals surface area contributed by atoms with Gasteiger partial charge < -0.3 is 4.43 Å². The minimum absolute atomic E-state index is 0.0474. The average molecular weight is 460 g/mol. The molecule has 0 aliphatic carbocycles. The Morgan fingerprint density at radius 2 is 1.33 bits per heavy atom. The van der Waals surface area contributed by atoms with Crippen molar-refractivity contribution in [1.82, 2.24) is 0 Å². The average Bonchev–Trinajstić information content (AvgIpc) is 2.66. The van der Waals surface area contributed by atoms with E-state index in [9.17, 15) is 0 Å². The van der Waals surface area contributed by atoms with Gasteiger partial charge in [-0.2, -0.15) is 0 Å². The summed E-state index contributed by atoms with van der Waals surface area (Å²) in [5, 5.41) is 3.22. The molecule has 0 amide bonds. The van der Waals surface area contributed by atoms with Crippen molar-refractivity contribution in [2.75, 3.05) is 0 Å². The molecule has 0 radical (unpaired) electrons. The van der Waals surface area contributed by atoms with E-state index in [1.807, 2.05) is 18.2 Å². The summed E-state index contributed by atoms with van der Waals surface area (Å²) < 4.78 is 7.82. The van der Waals surface area contributed by atoms with E-state index in [-0.39, 0.29) is 5.04 Å². The van der Waals surface area contributed by atoms with Crippen molar-refractivity contribution >= 4 is 46.2 Å². The Kier molecular flexibility index (Phi) is 6.27. The molecule has 27 heavy (non-hydrogen) atoms. The third-order valence-corrected chi connectivity index (χ3v) is 11.2. The quantitative estimate of drug-likeness (QED) is 0.414. The molecule has 1 nitrogen and oxygen atoms in total. The molecule has 0 bridgehead atoms. The van der Waals surface area contributed by atoms with Crippen molar-refractivity contribution in [1.29, 1.82) is 0 Å². The van der Waals surface area contributed by atoms with E-state index in [0.717, 1.165) is 15.1 Å². The van der Waals surface area contributed by atoms with Gasteiger partial charge in [0.25, 0.3) is 8.32 Å². The van der Waals surface area contributed by atoms with E-state index in [2.05, 4.69) is 97.4 Å². The van der Waals surface area contributed by atoms with Crippen LogP contribution >= 0.6 is 27.5 Å². The third-order valence-electron chi connectivity index (χ3n) is 4.89. The third kappa shape index (κ3) is 4.07. The Hall–Kier alpha value is -1.39. The molecule has 0 N–H and O–H groups in total. The summed E-state index contributed by atoms with van der Waals surface area (Å²) in [7, 11) is -2.55. The van der Waals surface area contributed by atoms with Crippen molar-refractivity contribution < 1.29 is 4.43 Å². The number of benzene rings is 3. The fraction of sp³-hybridized carbons (Fsp3) is 0.217. The Labute approximate surface area is 176 Å². The van der Waals surface area contributed by atoms with Gasteiger partial charge in [0.15, 0.2) is 0 Å². The second-order valence-electron chi connectivity index (χ2n) is 7.66. The van der Waals surface area contributed by atoms with Crippen molar-refractivity contribution in [2.24, 2.45) is 0 Å². The lowest BCUT2D eigenvalue weighted by Gasteiger charge is -2.43. The maximum absolute atomic E-state index is 6.92. The normalized spacial score (nSPS) is 12.2. The van der Waals surface area contributed by atoms with Crippen LogP contribution in [0.25, 0.3) is 0 Å². The summed E-state index contributed by atoms with van der Waals surface area (Å²) in [5.74, 6) is 0. The molecular formula is C23H24BrClOSi. The van der Waals surface area contributed by atoms with Gasteiger partial charge >= 0.3 is 0 Å². The van der Waals surface area contributed by atoms with E-state index in [0.29, 0.717) is 6.61 Å². The van der Waals surface area contributed by atoms with Crippen LogP contribution < -0.4 is 10.4 Å². The first-order valence-electron chi connectivity index (χ1n) is 9.04. The zero-order valence-electron chi connectivity index (χ0n) is 15.9. The van der Waals surface area contributed by atoms with E-state index in [1.165, 1.54) is 10.4 Å².